The van der Waals surface area contributed by atoms with Gasteiger partial charge in [0, 0.05) is 15.6 Å². The van der Waals surface area contributed by atoms with Crippen molar-refractivity contribution >= 4 is 21.8 Å². The standard InChI is InChI=1S/C20H21BrN2O3/c21-17-13-19-18(25-10-11-26-19)12-16(17)14-22-6-8-23(9-7-22)20(24)15-4-2-1-3-5-15/h1-5,12-13H,6-11,14H2/p+1. The van der Waals surface area contributed by atoms with Crippen molar-refractivity contribution in [3.63, 3.8) is 0 Å². The molecular formula is C20H22BrN2O3+. The highest BCUT2D eigenvalue weighted by Gasteiger charge is 2.25. The lowest BCUT2D eigenvalue weighted by molar-refractivity contribution is -0.917. The molecule has 0 aromatic heterocycles. The molecule has 1 fully saturated rings. The van der Waals surface area contributed by atoms with E-state index in [2.05, 4.69) is 22.0 Å². The fourth-order valence-electron chi connectivity index (χ4n) is 3.48. The number of halogens is 1. The Hall–Kier alpha value is -2.05. The van der Waals surface area contributed by atoms with Gasteiger partial charge >= 0.3 is 0 Å². The van der Waals surface area contributed by atoms with Crippen molar-refractivity contribution in [2.75, 3.05) is 39.4 Å². The maximum Gasteiger partial charge on any atom is 0.254 e. The van der Waals surface area contributed by atoms with Gasteiger partial charge in [-0.2, -0.15) is 0 Å². The van der Waals surface area contributed by atoms with E-state index in [1.807, 2.05) is 41.3 Å². The highest BCUT2D eigenvalue weighted by Crippen LogP contribution is 2.35. The lowest BCUT2D eigenvalue weighted by Crippen LogP contribution is -3.13. The fourth-order valence-corrected chi connectivity index (χ4v) is 3.94. The molecule has 2 aromatic carbocycles. The number of amides is 1. The first-order valence-corrected chi connectivity index (χ1v) is 9.76. The van der Waals surface area contributed by atoms with Crippen LogP contribution in [0.15, 0.2) is 46.9 Å². The Bertz CT molecular complexity index is 789. The summed E-state index contributed by atoms with van der Waals surface area (Å²) in [5.74, 6) is 1.76. The summed E-state index contributed by atoms with van der Waals surface area (Å²) >= 11 is 3.65. The second kappa shape index (κ2) is 7.68. The first-order chi connectivity index (χ1) is 12.7. The molecule has 1 N–H and O–H groups in total. The predicted molar refractivity (Wildman–Crippen MR) is 102 cm³/mol. The Kier molecular flexibility index (Phi) is 5.13. The lowest BCUT2D eigenvalue weighted by Gasteiger charge is -2.32. The minimum Gasteiger partial charge on any atom is -0.486 e. The summed E-state index contributed by atoms with van der Waals surface area (Å²) in [4.78, 5) is 16.0. The maximum absolute atomic E-state index is 12.6. The van der Waals surface area contributed by atoms with Gasteiger partial charge in [-0.1, -0.05) is 34.1 Å². The van der Waals surface area contributed by atoms with E-state index in [0.29, 0.717) is 13.2 Å². The molecule has 1 amide bonds. The molecule has 1 saturated heterocycles. The molecule has 2 aliphatic rings. The monoisotopic (exact) mass is 417 g/mol. The van der Waals surface area contributed by atoms with E-state index < -0.39 is 0 Å². The molecule has 4 rings (SSSR count). The Morgan fingerprint density at radius 1 is 1.04 bits per heavy atom. The molecular weight excluding hydrogens is 396 g/mol. The summed E-state index contributed by atoms with van der Waals surface area (Å²) in [6.45, 7) is 5.56. The first-order valence-electron chi connectivity index (χ1n) is 8.96. The van der Waals surface area contributed by atoms with Crippen molar-refractivity contribution in [3.8, 4) is 11.5 Å². The van der Waals surface area contributed by atoms with Gasteiger partial charge in [-0.15, -0.1) is 0 Å². The van der Waals surface area contributed by atoms with Crippen molar-refractivity contribution in [1.29, 1.82) is 0 Å². The molecule has 26 heavy (non-hydrogen) atoms. The number of rotatable bonds is 3. The topological polar surface area (TPSA) is 43.2 Å². The number of hydrogen-bond donors (Lipinski definition) is 1. The molecule has 0 radical (unpaired) electrons. The molecule has 0 saturated carbocycles. The molecule has 0 spiro atoms. The van der Waals surface area contributed by atoms with E-state index in [1.54, 1.807) is 0 Å². The third-order valence-electron chi connectivity index (χ3n) is 4.93. The molecule has 2 aliphatic heterocycles. The number of quaternary nitrogens is 1. The first kappa shape index (κ1) is 17.4. The van der Waals surface area contributed by atoms with Crippen LogP contribution in [-0.4, -0.2) is 50.2 Å². The lowest BCUT2D eigenvalue weighted by atomic mass is 10.1. The van der Waals surface area contributed by atoms with Crippen molar-refractivity contribution in [2.24, 2.45) is 0 Å². The number of nitrogens with one attached hydrogen (secondary N) is 1. The zero-order chi connectivity index (χ0) is 17.9. The normalized spacial score (nSPS) is 17.2. The summed E-state index contributed by atoms with van der Waals surface area (Å²) in [5, 5.41) is 0. The summed E-state index contributed by atoms with van der Waals surface area (Å²) in [6, 6.07) is 13.6. The van der Waals surface area contributed by atoms with Gasteiger partial charge < -0.3 is 19.3 Å². The summed E-state index contributed by atoms with van der Waals surface area (Å²) < 4.78 is 12.4. The molecule has 136 valence electrons. The number of benzene rings is 2. The highest BCUT2D eigenvalue weighted by atomic mass is 79.9. The van der Waals surface area contributed by atoms with Crippen LogP contribution in [-0.2, 0) is 6.54 Å². The molecule has 0 aliphatic carbocycles. The second-order valence-electron chi connectivity index (χ2n) is 6.67. The quantitative estimate of drug-likeness (QED) is 0.827. The maximum atomic E-state index is 12.6. The van der Waals surface area contributed by atoms with Crippen molar-refractivity contribution in [2.45, 2.75) is 6.54 Å². The van der Waals surface area contributed by atoms with Crippen LogP contribution in [0.4, 0.5) is 0 Å². The van der Waals surface area contributed by atoms with Crippen LogP contribution >= 0.6 is 15.9 Å². The van der Waals surface area contributed by atoms with Gasteiger partial charge in [0.15, 0.2) is 11.5 Å². The minimum absolute atomic E-state index is 0.130. The van der Waals surface area contributed by atoms with E-state index in [-0.39, 0.29) is 5.91 Å². The summed E-state index contributed by atoms with van der Waals surface area (Å²) in [7, 11) is 0. The number of ether oxygens (including phenoxy) is 2. The van der Waals surface area contributed by atoms with Crippen molar-refractivity contribution in [1.82, 2.24) is 4.90 Å². The number of nitrogens with zero attached hydrogens (tertiary/aromatic N) is 1. The largest absolute Gasteiger partial charge is 0.486 e. The van der Waals surface area contributed by atoms with Crippen molar-refractivity contribution in [3.05, 3.63) is 58.1 Å². The Balaban J connectivity index is 1.38. The zero-order valence-corrected chi connectivity index (χ0v) is 16.1. The summed E-state index contributed by atoms with van der Waals surface area (Å²) in [5.41, 5.74) is 1.98. The predicted octanol–water partition coefficient (Wildman–Crippen LogP) is 1.76. The van der Waals surface area contributed by atoms with Gasteiger partial charge in [0.1, 0.15) is 19.8 Å². The Morgan fingerprint density at radius 2 is 1.69 bits per heavy atom. The molecule has 0 bridgehead atoms. The zero-order valence-electron chi connectivity index (χ0n) is 14.5. The van der Waals surface area contributed by atoms with Gasteiger partial charge in [-0.3, -0.25) is 4.79 Å². The van der Waals surface area contributed by atoms with E-state index in [0.717, 1.165) is 54.3 Å². The van der Waals surface area contributed by atoms with Crippen LogP contribution < -0.4 is 14.4 Å². The van der Waals surface area contributed by atoms with E-state index >= 15 is 0 Å². The van der Waals surface area contributed by atoms with Crippen LogP contribution in [0.2, 0.25) is 0 Å². The third-order valence-corrected chi connectivity index (χ3v) is 5.67. The van der Waals surface area contributed by atoms with Crippen LogP contribution in [0.1, 0.15) is 15.9 Å². The van der Waals surface area contributed by atoms with Gasteiger partial charge in [0.25, 0.3) is 5.91 Å². The van der Waals surface area contributed by atoms with Gasteiger partial charge in [0.05, 0.1) is 26.2 Å². The third kappa shape index (κ3) is 3.71. The second-order valence-corrected chi connectivity index (χ2v) is 7.53. The van der Waals surface area contributed by atoms with Gasteiger partial charge in [0.2, 0.25) is 0 Å². The molecule has 0 atom stereocenters. The van der Waals surface area contributed by atoms with E-state index in [9.17, 15) is 4.79 Å². The number of piperazine rings is 1. The summed E-state index contributed by atoms with van der Waals surface area (Å²) in [6.07, 6.45) is 0. The number of fused-ring (bicyclic) bond motifs is 1. The van der Waals surface area contributed by atoms with E-state index in [4.69, 9.17) is 9.47 Å². The Morgan fingerprint density at radius 3 is 2.38 bits per heavy atom. The smallest absolute Gasteiger partial charge is 0.254 e. The SMILES string of the molecule is O=C(c1ccccc1)N1CC[NH+](Cc2cc3c(cc2Br)OCCO3)CC1. The van der Waals surface area contributed by atoms with Gasteiger partial charge in [-0.25, -0.2) is 0 Å². The Labute approximate surface area is 161 Å². The molecule has 6 heteroatoms. The average molecular weight is 418 g/mol. The highest BCUT2D eigenvalue weighted by molar-refractivity contribution is 9.10. The van der Waals surface area contributed by atoms with Crippen LogP contribution in [0.25, 0.3) is 0 Å². The average Bonchev–Trinajstić information content (AvgIpc) is 2.69. The molecule has 2 aromatic rings. The molecule has 5 nitrogen and oxygen atoms in total. The fraction of sp³-hybridized carbons (Fsp3) is 0.350. The van der Waals surface area contributed by atoms with Crippen molar-refractivity contribution < 1.29 is 19.2 Å². The van der Waals surface area contributed by atoms with E-state index in [1.165, 1.54) is 10.5 Å². The number of carbonyl (C=O) groups excluding carboxylic acids is 1. The molecule has 0 unspecified atom stereocenters. The van der Waals surface area contributed by atoms with Crippen LogP contribution in [0.5, 0.6) is 11.5 Å². The minimum atomic E-state index is 0.130. The number of hydrogen-bond acceptors (Lipinski definition) is 3. The van der Waals surface area contributed by atoms with Crippen LogP contribution in [0.3, 0.4) is 0 Å². The van der Waals surface area contributed by atoms with Gasteiger partial charge in [-0.05, 0) is 24.3 Å². The number of carbonyl (C=O) groups is 1. The molecule has 2 heterocycles. The van der Waals surface area contributed by atoms with Crippen LogP contribution in [0, 0.1) is 0 Å².